The Hall–Kier alpha value is -0.350. The summed E-state index contributed by atoms with van der Waals surface area (Å²) >= 11 is 5.72. The number of hydrogen-bond acceptors (Lipinski definition) is 3. The molecule has 0 aliphatic carbocycles. The monoisotopic (exact) mass is 261 g/mol. The van der Waals surface area contributed by atoms with Gasteiger partial charge in [0.2, 0.25) is 0 Å². The van der Waals surface area contributed by atoms with Gasteiger partial charge in [-0.15, -0.1) is 12.4 Å². The Kier molecular flexibility index (Phi) is 6.06. The molecule has 2 N–H and O–H groups in total. The molecule has 0 amide bonds. The number of aromatic nitrogens is 1. The fraction of sp³-hybridized carbons (Fsp3) is 0.545. The molecule has 2 heterocycles. The molecule has 1 aliphatic heterocycles. The molecule has 16 heavy (non-hydrogen) atoms. The molecule has 5 heteroatoms. The summed E-state index contributed by atoms with van der Waals surface area (Å²) in [6.07, 6.45) is 4.34. The summed E-state index contributed by atoms with van der Waals surface area (Å²) in [7, 11) is 0. The average Bonchev–Trinajstić information content (AvgIpc) is 2.30. The van der Waals surface area contributed by atoms with Crippen LogP contribution in [0.2, 0.25) is 5.15 Å². The lowest BCUT2D eigenvalue weighted by molar-refractivity contribution is 0.389. The molecule has 90 valence electrons. The minimum Gasteiger partial charge on any atom is -0.315 e. The molecule has 0 aromatic carbocycles. The van der Waals surface area contributed by atoms with Crippen LogP contribution in [-0.2, 0) is 6.54 Å². The van der Waals surface area contributed by atoms with Gasteiger partial charge in [-0.1, -0.05) is 17.7 Å². The Bertz CT molecular complexity index is 297. The smallest absolute Gasteiger partial charge is 0.129 e. The van der Waals surface area contributed by atoms with E-state index in [0.717, 1.165) is 19.6 Å². The van der Waals surface area contributed by atoms with Gasteiger partial charge >= 0.3 is 0 Å². The van der Waals surface area contributed by atoms with Crippen molar-refractivity contribution in [2.45, 2.75) is 25.4 Å². The van der Waals surface area contributed by atoms with Gasteiger partial charge in [0.1, 0.15) is 5.15 Å². The van der Waals surface area contributed by atoms with E-state index < -0.39 is 0 Å². The van der Waals surface area contributed by atoms with E-state index in [-0.39, 0.29) is 12.4 Å². The predicted octanol–water partition coefficient (Wildman–Crippen LogP) is 2.00. The van der Waals surface area contributed by atoms with Gasteiger partial charge in [-0.25, -0.2) is 4.98 Å². The maximum absolute atomic E-state index is 5.72. The van der Waals surface area contributed by atoms with Crippen molar-refractivity contribution in [3.8, 4) is 0 Å². The first-order valence-electron chi connectivity index (χ1n) is 5.39. The number of halogens is 2. The van der Waals surface area contributed by atoms with Crippen LogP contribution in [-0.4, -0.2) is 24.1 Å². The first-order valence-corrected chi connectivity index (χ1v) is 5.77. The van der Waals surface area contributed by atoms with Crippen molar-refractivity contribution in [3.05, 3.63) is 29.0 Å². The quantitative estimate of drug-likeness (QED) is 0.818. The van der Waals surface area contributed by atoms with Gasteiger partial charge in [0.05, 0.1) is 0 Å². The fourth-order valence-electron chi connectivity index (χ4n) is 1.80. The molecule has 1 saturated heterocycles. The summed E-state index contributed by atoms with van der Waals surface area (Å²) in [6, 6.07) is 4.44. The van der Waals surface area contributed by atoms with Gasteiger partial charge in [0, 0.05) is 25.3 Å². The van der Waals surface area contributed by atoms with Crippen molar-refractivity contribution >= 4 is 24.0 Å². The molecular formula is C11H17Cl2N3. The second kappa shape index (κ2) is 7.07. The summed E-state index contributed by atoms with van der Waals surface area (Å²) in [4.78, 5) is 4.05. The summed E-state index contributed by atoms with van der Waals surface area (Å²) < 4.78 is 0. The molecular weight excluding hydrogens is 245 g/mol. The highest BCUT2D eigenvalue weighted by Crippen LogP contribution is 2.06. The number of pyridine rings is 1. The van der Waals surface area contributed by atoms with Gasteiger partial charge < -0.3 is 10.6 Å². The SMILES string of the molecule is Cl.Clc1ccc(CNC2CCCNC2)cn1. The third kappa shape index (κ3) is 4.26. The van der Waals surface area contributed by atoms with Crippen molar-refractivity contribution in [2.75, 3.05) is 13.1 Å². The Labute approximate surface area is 107 Å². The first-order chi connectivity index (χ1) is 7.34. The van der Waals surface area contributed by atoms with Gasteiger partial charge in [0.15, 0.2) is 0 Å². The van der Waals surface area contributed by atoms with Crippen LogP contribution in [0.1, 0.15) is 18.4 Å². The minimum atomic E-state index is 0. The van der Waals surface area contributed by atoms with Crippen LogP contribution in [0, 0.1) is 0 Å². The number of nitrogens with one attached hydrogen (secondary N) is 2. The molecule has 2 rings (SSSR count). The van der Waals surface area contributed by atoms with E-state index in [9.17, 15) is 0 Å². The zero-order valence-corrected chi connectivity index (χ0v) is 10.7. The van der Waals surface area contributed by atoms with Crippen LogP contribution in [0.25, 0.3) is 0 Å². The Morgan fingerprint density at radius 1 is 1.50 bits per heavy atom. The topological polar surface area (TPSA) is 37.0 Å². The van der Waals surface area contributed by atoms with E-state index >= 15 is 0 Å². The highest BCUT2D eigenvalue weighted by atomic mass is 35.5. The third-order valence-electron chi connectivity index (χ3n) is 2.68. The first kappa shape index (κ1) is 13.7. The van der Waals surface area contributed by atoms with Crippen LogP contribution in [0.15, 0.2) is 18.3 Å². The number of hydrogen-bond donors (Lipinski definition) is 2. The lowest BCUT2D eigenvalue weighted by Crippen LogP contribution is -2.42. The minimum absolute atomic E-state index is 0. The molecule has 1 aliphatic rings. The Morgan fingerprint density at radius 3 is 3.00 bits per heavy atom. The Morgan fingerprint density at radius 2 is 2.38 bits per heavy atom. The van der Waals surface area contributed by atoms with Crippen LogP contribution < -0.4 is 10.6 Å². The number of rotatable bonds is 3. The highest BCUT2D eigenvalue weighted by Gasteiger charge is 2.11. The molecule has 1 unspecified atom stereocenters. The normalized spacial score (nSPS) is 20.2. The van der Waals surface area contributed by atoms with Crippen molar-refractivity contribution in [2.24, 2.45) is 0 Å². The zero-order chi connectivity index (χ0) is 10.5. The largest absolute Gasteiger partial charge is 0.315 e. The predicted molar refractivity (Wildman–Crippen MR) is 69.2 cm³/mol. The number of piperidine rings is 1. The summed E-state index contributed by atoms with van der Waals surface area (Å²) in [5, 5.41) is 7.45. The molecule has 1 aromatic rings. The van der Waals surface area contributed by atoms with Gasteiger partial charge in [-0.05, 0) is 31.0 Å². The molecule has 0 spiro atoms. The van der Waals surface area contributed by atoms with E-state index in [1.165, 1.54) is 18.4 Å². The molecule has 1 fully saturated rings. The van der Waals surface area contributed by atoms with Crippen molar-refractivity contribution in [1.29, 1.82) is 0 Å². The Balaban J connectivity index is 0.00000128. The summed E-state index contributed by atoms with van der Waals surface area (Å²) in [5.74, 6) is 0. The van der Waals surface area contributed by atoms with Crippen molar-refractivity contribution in [1.82, 2.24) is 15.6 Å². The summed E-state index contributed by atoms with van der Waals surface area (Å²) in [6.45, 7) is 3.10. The highest BCUT2D eigenvalue weighted by molar-refractivity contribution is 6.29. The second-order valence-corrected chi connectivity index (χ2v) is 4.30. The van der Waals surface area contributed by atoms with E-state index in [1.807, 2.05) is 18.3 Å². The second-order valence-electron chi connectivity index (χ2n) is 3.91. The summed E-state index contributed by atoms with van der Waals surface area (Å²) in [5.41, 5.74) is 1.19. The van der Waals surface area contributed by atoms with E-state index in [2.05, 4.69) is 15.6 Å². The van der Waals surface area contributed by atoms with Crippen LogP contribution in [0.5, 0.6) is 0 Å². The molecule has 3 nitrogen and oxygen atoms in total. The fourth-order valence-corrected chi connectivity index (χ4v) is 1.91. The van der Waals surface area contributed by atoms with Crippen molar-refractivity contribution in [3.63, 3.8) is 0 Å². The zero-order valence-electron chi connectivity index (χ0n) is 9.08. The average molecular weight is 262 g/mol. The third-order valence-corrected chi connectivity index (χ3v) is 2.90. The lowest BCUT2D eigenvalue weighted by atomic mass is 10.1. The molecule has 0 radical (unpaired) electrons. The van der Waals surface area contributed by atoms with E-state index in [4.69, 9.17) is 11.6 Å². The van der Waals surface area contributed by atoms with Crippen molar-refractivity contribution < 1.29 is 0 Å². The van der Waals surface area contributed by atoms with E-state index in [1.54, 1.807) is 0 Å². The van der Waals surface area contributed by atoms with Gasteiger partial charge in [-0.2, -0.15) is 0 Å². The molecule has 1 aromatic heterocycles. The maximum Gasteiger partial charge on any atom is 0.129 e. The molecule has 1 atom stereocenters. The van der Waals surface area contributed by atoms with Gasteiger partial charge in [-0.3, -0.25) is 0 Å². The van der Waals surface area contributed by atoms with E-state index in [0.29, 0.717) is 11.2 Å². The molecule has 0 bridgehead atoms. The molecule has 0 saturated carbocycles. The standard InChI is InChI=1S/C11H16ClN3.ClH/c12-11-4-3-9(7-15-11)6-14-10-2-1-5-13-8-10;/h3-4,7,10,13-14H,1-2,5-6,8H2;1H. The van der Waals surface area contributed by atoms with Crippen LogP contribution >= 0.6 is 24.0 Å². The maximum atomic E-state index is 5.72. The van der Waals surface area contributed by atoms with Crippen LogP contribution in [0.4, 0.5) is 0 Å². The van der Waals surface area contributed by atoms with Crippen LogP contribution in [0.3, 0.4) is 0 Å². The lowest BCUT2D eigenvalue weighted by Gasteiger charge is -2.23. The number of nitrogens with zero attached hydrogens (tertiary/aromatic N) is 1. The van der Waals surface area contributed by atoms with Gasteiger partial charge in [0.25, 0.3) is 0 Å².